The fraction of sp³-hybridized carbons (Fsp3) is 0.444. The van der Waals surface area contributed by atoms with Gasteiger partial charge in [-0.2, -0.15) is 5.10 Å². The minimum absolute atomic E-state index is 0.0385. The van der Waals surface area contributed by atoms with Crippen LogP contribution in [0.25, 0.3) is 0 Å². The summed E-state index contributed by atoms with van der Waals surface area (Å²) in [5, 5.41) is 7.29. The zero-order valence-electron chi connectivity index (χ0n) is 15.0. The minimum atomic E-state index is -0.267. The summed E-state index contributed by atoms with van der Waals surface area (Å²) in [6.07, 6.45) is 0. The Morgan fingerprint density at radius 1 is 1.31 bits per heavy atom. The Bertz CT molecular complexity index is 778. The van der Waals surface area contributed by atoms with Gasteiger partial charge in [0.25, 0.3) is 0 Å². The molecule has 1 N–H and O–H groups in total. The van der Waals surface area contributed by atoms with E-state index in [1.165, 1.54) is 19.2 Å². The molecule has 0 atom stereocenters. The first kappa shape index (κ1) is 18.3. The van der Waals surface area contributed by atoms with Crippen molar-refractivity contribution in [1.29, 1.82) is 0 Å². The van der Waals surface area contributed by atoms with E-state index in [9.17, 15) is 9.18 Å². The molecular weight excluding hydrogens is 339 g/mol. The molecule has 0 saturated heterocycles. The maximum atomic E-state index is 13.6. The van der Waals surface area contributed by atoms with Crippen LogP contribution in [0.5, 0.6) is 5.75 Å². The van der Waals surface area contributed by atoms with Crippen molar-refractivity contribution < 1.29 is 18.7 Å². The molecule has 0 aliphatic carbocycles. The van der Waals surface area contributed by atoms with Crippen LogP contribution in [0.1, 0.15) is 17.0 Å². The maximum absolute atomic E-state index is 13.6. The Morgan fingerprint density at radius 2 is 2.15 bits per heavy atom. The second-order valence-electron chi connectivity index (χ2n) is 6.23. The van der Waals surface area contributed by atoms with Gasteiger partial charge in [0.1, 0.15) is 18.2 Å². The number of benzene rings is 1. The molecular formula is C18H23FN4O3. The third-order valence-corrected chi connectivity index (χ3v) is 4.31. The number of fused-ring (bicyclic) bond motifs is 1. The molecule has 1 aromatic carbocycles. The van der Waals surface area contributed by atoms with Gasteiger partial charge in [-0.15, -0.1) is 0 Å². The summed E-state index contributed by atoms with van der Waals surface area (Å²) >= 11 is 0. The number of nitrogens with one attached hydrogen (secondary N) is 1. The van der Waals surface area contributed by atoms with E-state index in [2.05, 4.69) is 15.3 Å². The Labute approximate surface area is 151 Å². The van der Waals surface area contributed by atoms with E-state index in [-0.39, 0.29) is 18.3 Å². The van der Waals surface area contributed by atoms with Crippen LogP contribution < -0.4 is 10.1 Å². The van der Waals surface area contributed by atoms with Crippen LogP contribution in [0, 0.1) is 5.82 Å². The van der Waals surface area contributed by atoms with Crippen molar-refractivity contribution >= 4 is 5.91 Å². The summed E-state index contributed by atoms with van der Waals surface area (Å²) in [6.45, 7) is 3.28. The first-order chi connectivity index (χ1) is 12.6. The molecule has 0 fully saturated rings. The Balaban J connectivity index is 1.63. The molecule has 1 aliphatic rings. The highest BCUT2D eigenvalue weighted by molar-refractivity contribution is 5.77. The number of aromatic nitrogens is 2. The lowest BCUT2D eigenvalue weighted by Crippen LogP contribution is -2.33. The van der Waals surface area contributed by atoms with Crippen LogP contribution >= 0.6 is 0 Å². The minimum Gasteiger partial charge on any atom is -0.496 e. The monoisotopic (exact) mass is 362 g/mol. The average molecular weight is 362 g/mol. The number of amides is 1. The van der Waals surface area contributed by atoms with E-state index in [0.29, 0.717) is 25.4 Å². The molecule has 2 aromatic rings. The molecule has 1 aliphatic heterocycles. The zero-order chi connectivity index (χ0) is 18.5. The third-order valence-electron chi connectivity index (χ3n) is 4.31. The van der Waals surface area contributed by atoms with Crippen LogP contribution in [-0.2, 0) is 35.7 Å². The zero-order valence-corrected chi connectivity index (χ0v) is 15.0. The second kappa shape index (κ2) is 8.29. The van der Waals surface area contributed by atoms with Crippen LogP contribution in [0.3, 0.4) is 0 Å². The summed E-state index contributed by atoms with van der Waals surface area (Å²) < 4.78 is 25.6. The van der Waals surface area contributed by atoms with Crippen LogP contribution in [0.2, 0.25) is 0 Å². The van der Waals surface area contributed by atoms with Crippen LogP contribution in [-0.4, -0.2) is 48.0 Å². The molecule has 0 radical (unpaired) electrons. The van der Waals surface area contributed by atoms with Crippen molar-refractivity contribution in [3.05, 3.63) is 47.0 Å². The van der Waals surface area contributed by atoms with Gasteiger partial charge in [0.05, 0.1) is 31.6 Å². The molecule has 26 heavy (non-hydrogen) atoms. The summed E-state index contributed by atoms with van der Waals surface area (Å²) in [7, 11) is 3.07. The topological polar surface area (TPSA) is 68.6 Å². The predicted molar refractivity (Wildman–Crippen MR) is 93.0 cm³/mol. The Hall–Kier alpha value is -2.45. The van der Waals surface area contributed by atoms with Crippen molar-refractivity contribution in [1.82, 2.24) is 20.0 Å². The van der Waals surface area contributed by atoms with Crippen molar-refractivity contribution in [2.45, 2.75) is 26.2 Å². The van der Waals surface area contributed by atoms with Crippen molar-refractivity contribution in [2.75, 3.05) is 27.4 Å². The lowest BCUT2D eigenvalue weighted by molar-refractivity contribution is -0.124. The summed E-state index contributed by atoms with van der Waals surface area (Å²) in [4.78, 5) is 13.7. The molecule has 2 heterocycles. The van der Waals surface area contributed by atoms with Crippen molar-refractivity contribution in [3.63, 3.8) is 0 Å². The van der Waals surface area contributed by atoms with Crippen molar-refractivity contribution in [3.8, 4) is 5.75 Å². The number of nitrogens with zero attached hydrogens (tertiary/aromatic N) is 3. The number of hydrogen-bond donors (Lipinski definition) is 1. The fourth-order valence-corrected chi connectivity index (χ4v) is 3.08. The van der Waals surface area contributed by atoms with Gasteiger partial charge < -0.3 is 14.8 Å². The van der Waals surface area contributed by atoms with E-state index in [1.807, 2.05) is 10.7 Å². The fourth-order valence-electron chi connectivity index (χ4n) is 3.08. The number of halogens is 1. The summed E-state index contributed by atoms with van der Waals surface area (Å²) in [6, 6.07) is 6.56. The van der Waals surface area contributed by atoms with Gasteiger partial charge in [0.15, 0.2) is 0 Å². The molecule has 140 valence electrons. The van der Waals surface area contributed by atoms with Gasteiger partial charge in [-0.25, -0.2) is 4.39 Å². The summed E-state index contributed by atoms with van der Waals surface area (Å²) in [5.41, 5.74) is 2.71. The molecule has 3 rings (SSSR count). The Kier molecular flexibility index (Phi) is 5.85. The van der Waals surface area contributed by atoms with E-state index in [4.69, 9.17) is 9.47 Å². The maximum Gasteiger partial charge on any atom is 0.246 e. The highest BCUT2D eigenvalue weighted by Crippen LogP contribution is 2.23. The lowest BCUT2D eigenvalue weighted by Gasteiger charge is -2.28. The van der Waals surface area contributed by atoms with Crippen LogP contribution in [0.15, 0.2) is 24.3 Å². The predicted octanol–water partition coefficient (Wildman–Crippen LogP) is 1.31. The number of methoxy groups -OCH3 is 2. The molecule has 0 unspecified atom stereocenters. The second-order valence-corrected chi connectivity index (χ2v) is 6.23. The first-order valence-corrected chi connectivity index (χ1v) is 8.45. The van der Waals surface area contributed by atoms with Gasteiger partial charge >= 0.3 is 0 Å². The molecule has 1 amide bonds. The highest BCUT2D eigenvalue weighted by Gasteiger charge is 2.20. The quantitative estimate of drug-likeness (QED) is 0.804. The van der Waals surface area contributed by atoms with Gasteiger partial charge in [-0.05, 0) is 24.3 Å². The standard InChI is InChI=1S/C18H23FN4O3/c1-25-12-18(24)20-9-15-8-16-11-22(5-6-23(16)21-15)10-13-7-14(19)3-4-17(13)26-2/h3-4,7-8H,5-6,9-12H2,1-2H3,(H,20,24). The number of ether oxygens (including phenoxy) is 2. The molecule has 0 bridgehead atoms. The molecule has 1 aromatic heterocycles. The smallest absolute Gasteiger partial charge is 0.246 e. The van der Waals surface area contributed by atoms with Gasteiger partial charge in [-0.3, -0.25) is 14.4 Å². The first-order valence-electron chi connectivity index (χ1n) is 8.45. The largest absolute Gasteiger partial charge is 0.496 e. The van der Waals surface area contributed by atoms with E-state index in [0.717, 1.165) is 30.0 Å². The van der Waals surface area contributed by atoms with E-state index in [1.54, 1.807) is 13.2 Å². The highest BCUT2D eigenvalue weighted by atomic mass is 19.1. The molecule has 0 saturated carbocycles. The summed E-state index contributed by atoms with van der Waals surface area (Å²) in [5.74, 6) is 0.252. The van der Waals surface area contributed by atoms with E-state index >= 15 is 0 Å². The Morgan fingerprint density at radius 3 is 2.92 bits per heavy atom. The number of hydrogen-bond acceptors (Lipinski definition) is 5. The molecule has 0 spiro atoms. The number of carbonyl (C=O) groups is 1. The number of rotatable bonds is 7. The van der Waals surface area contributed by atoms with Gasteiger partial charge in [0.2, 0.25) is 5.91 Å². The molecule has 7 nitrogen and oxygen atoms in total. The lowest BCUT2D eigenvalue weighted by atomic mass is 10.1. The SMILES string of the molecule is COCC(=O)NCc1cc2n(n1)CCN(Cc1cc(F)ccc1OC)C2. The van der Waals surface area contributed by atoms with Crippen molar-refractivity contribution in [2.24, 2.45) is 0 Å². The van der Waals surface area contributed by atoms with Gasteiger partial charge in [0, 0.05) is 32.3 Å². The van der Waals surface area contributed by atoms with Crippen LogP contribution in [0.4, 0.5) is 4.39 Å². The van der Waals surface area contributed by atoms with Gasteiger partial charge in [-0.1, -0.05) is 0 Å². The average Bonchev–Trinajstić information content (AvgIpc) is 3.03. The third kappa shape index (κ3) is 4.39. The van der Waals surface area contributed by atoms with E-state index < -0.39 is 0 Å². The molecule has 8 heteroatoms. The normalized spacial score (nSPS) is 14.1. The number of carbonyl (C=O) groups excluding carboxylic acids is 1.